The number of anilines is 1. The largest absolute Gasteiger partial charge is 0.455 e. The molecule has 150 valence electrons. The van der Waals surface area contributed by atoms with E-state index < -0.39 is 15.7 Å². The molecule has 5 nitrogen and oxygen atoms in total. The van der Waals surface area contributed by atoms with Gasteiger partial charge in [-0.2, -0.15) is 0 Å². The van der Waals surface area contributed by atoms with Crippen molar-refractivity contribution < 1.29 is 22.3 Å². The van der Waals surface area contributed by atoms with E-state index in [2.05, 4.69) is 5.32 Å². The van der Waals surface area contributed by atoms with Gasteiger partial charge in [-0.05, 0) is 55.0 Å². The molecule has 0 radical (unpaired) electrons. The molecule has 0 saturated heterocycles. The Morgan fingerprint density at radius 1 is 0.897 bits per heavy atom. The molecule has 0 fully saturated rings. The van der Waals surface area contributed by atoms with Crippen molar-refractivity contribution in [1.29, 1.82) is 0 Å². The zero-order chi connectivity index (χ0) is 20.7. The molecular formula is C22H20FNO4S. The molecule has 7 heteroatoms. The van der Waals surface area contributed by atoms with E-state index >= 15 is 0 Å². The second kappa shape index (κ2) is 9.34. The van der Waals surface area contributed by atoms with Crippen molar-refractivity contribution in [2.75, 3.05) is 11.1 Å². The van der Waals surface area contributed by atoms with Gasteiger partial charge in [-0.25, -0.2) is 12.8 Å². The normalized spacial score (nSPS) is 11.1. The molecule has 3 rings (SSSR count). The summed E-state index contributed by atoms with van der Waals surface area (Å²) in [6.07, 6.45) is 0.174. The molecule has 0 aliphatic carbocycles. The molecular weight excluding hydrogens is 393 g/mol. The lowest BCUT2D eigenvalue weighted by molar-refractivity contribution is -0.116. The highest BCUT2D eigenvalue weighted by atomic mass is 32.2. The third-order valence-corrected chi connectivity index (χ3v) is 5.94. The number of ether oxygens (including phenoxy) is 1. The molecule has 1 N–H and O–H groups in total. The maximum absolute atomic E-state index is 13.0. The number of halogens is 1. The summed E-state index contributed by atoms with van der Waals surface area (Å²) < 4.78 is 43.3. The second-order valence-corrected chi connectivity index (χ2v) is 8.44. The molecule has 1 amide bonds. The van der Waals surface area contributed by atoms with E-state index in [1.807, 2.05) is 18.2 Å². The van der Waals surface area contributed by atoms with Crippen molar-refractivity contribution in [2.24, 2.45) is 0 Å². The number of rotatable bonds is 8. The fraction of sp³-hybridized carbons (Fsp3) is 0.136. The van der Waals surface area contributed by atoms with Gasteiger partial charge in [0.05, 0.1) is 16.3 Å². The van der Waals surface area contributed by atoms with Crippen molar-refractivity contribution in [3.05, 3.63) is 84.7 Å². The zero-order valence-electron chi connectivity index (χ0n) is 15.5. The first kappa shape index (κ1) is 20.5. The number of carbonyl (C=O) groups is 1. The Morgan fingerprint density at radius 3 is 2.28 bits per heavy atom. The first-order valence-corrected chi connectivity index (χ1v) is 10.7. The van der Waals surface area contributed by atoms with E-state index in [1.165, 1.54) is 12.1 Å². The average molecular weight is 413 g/mol. The van der Waals surface area contributed by atoms with Crippen LogP contribution < -0.4 is 10.1 Å². The van der Waals surface area contributed by atoms with E-state index in [0.717, 1.165) is 12.1 Å². The SMILES string of the molecule is O=C(CCCS(=O)(=O)c1ccc(F)cc1)Nc1ccccc1Oc1ccccc1. The molecule has 3 aromatic rings. The number of amides is 1. The topological polar surface area (TPSA) is 72.5 Å². The van der Waals surface area contributed by atoms with Gasteiger partial charge in [-0.1, -0.05) is 30.3 Å². The standard InChI is InChI=1S/C22H20FNO4S/c23-17-12-14-19(15-13-17)29(26,27)16-6-11-22(25)24-20-9-4-5-10-21(20)28-18-7-2-1-3-8-18/h1-5,7-10,12-15H,6,11,16H2,(H,24,25). The maximum Gasteiger partial charge on any atom is 0.224 e. The monoisotopic (exact) mass is 413 g/mol. The summed E-state index contributed by atoms with van der Waals surface area (Å²) >= 11 is 0. The molecule has 0 bridgehead atoms. The molecule has 0 atom stereocenters. The van der Waals surface area contributed by atoms with Crippen LogP contribution in [0.3, 0.4) is 0 Å². The lowest BCUT2D eigenvalue weighted by Crippen LogP contribution is -2.14. The Morgan fingerprint density at radius 2 is 1.55 bits per heavy atom. The summed E-state index contributed by atoms with van der Waals surface area (Å²) in [4.78, 5) is 12.3. The van der Waals surface area contributed by atoms with Crippen molar-refractivity contribution >= 4 is 21.4 Å². The molecule has 0 aliphatic rings. The molecule has 0 unspecified atom stereocenters. The van der Waals surface area contributed by atoms with E-state index in [0.29, 0.717) is 17.2 Å². The molecule has 29 heavy (non-hydrogen) atoms. The number of para-hydroxylation sites is 3. The summed E-state index contributed by atoms with van der Waals surface area (Å²) in [6, 6.07) is 20.8. The van der Waals surface area contributed by atoms with Gasteiger partial charge >= 0.3 is 0 Å². The molecule has 0 spiro atoms. The van der Waals surface area contributed by atoms with Crippen LogP contribution in [0, 0.1) is 5.82 Å². The van der Waals surface area contributed by atoms with Gasteiger partial charge in [0.1, 0.15) is 11.6 Å². The molecule has 0 aliphatic heterocycles. The number of hydrogen-bond donors (Lipinski definition) is 1. The van der Waals surface area contributed by atoms with E-state index in [4.69, 9.17) is 4.74 Å². The zero-order valence-corrected chi connectivity index (χ0v) is 16.4. The van der Waals surface area contributed by atoms with E-state index in [-0.39, 0.29) is 29.4 Å². The first-order chi connectivity index (χ1) is 13.9. The number of nitrogens with one attached hydrogen (secondary N) is 1. The van der Waals surface area contributed by atoms with Gasteiger partial charge < -0.3 is 10.1 Å². The third kappa shape index (κ3) is 5.89. The summed E-state index contributed by atoms with van der Waals surface area (Å²) in [5.74, 6) is 0.113. The predicted octanol–water partition coefficient (Wildman–Crippen LogP) is 4.81. The number of carbonyl (C=O) groups excluding carboxylic acids is 1. The Bertz CT molecular complexity index is 1070. The van der Waals surface area contributed by atoms with Crippen LogP contribution in [0.15, 0.2) is 83.8 Å². The van der Waals surface area contributed by atoms with Crippen LogP contribution in [0.2, 0.25) is 0 Å². The third-order valence-electron chi connectivity index (χ3n) is 4.12. The highest BCUT2D eigenvalue weighted by molar-refractivity contribution is 7.91. The smallest absolute Gasteiger partial charge is 0.224 e. The minimum Gasteiger partial charge on any atom is -0.455 e. The first-order valence-electron chi connectivity index (χ1n) is 9.04. The van der Waals surface area contributed by atoms with Crippen LogP contribution in [-0.2, 0) is 14.6 Å². The number of benzene rings is 3. The fourth-order valence-corrected chi connectivity index (χ4v) is 3.98. The van der Waals surface area contributed by atoms with Crippen LogP contribution in [0.5, 0.6) is 11.5 Å². The van der Waals surface area contributed by atoms with Crippen molar-refractivity contribution in [3.63, 3.8) is 0 Å². The van der Waals surface area contributed by atoms with E-state index in [1.54, 1.807) is 36.4 Å². The minimum absolute atomic E-state index is 0.0279. The Balaban J connectivity index is 1.57. The maximum atomic E-state index is 13.0. The van der Waals surface area contributed by atoms with Gasteiger partial charge in [0.25, 0.3) is 0 Å². The van der Waals surface area contributed by atoms with Gasteiger partial charge in [0.15, 0.2) is 15.6 Å². The summed E-state index contributed by atoms with van der Waals surface area (Å²) in [5.41, 5.74) is 0.503. The predicted molar refractivity (Wildman–Crippen MR) is 109 cm³/mol. The van der Waals surface area contributed by atoms with Crippen molar-refractivity contribution in [3.8, 4) is 11.5 Å². The van der Waals surface area contributed by atoms with Crippen molar-refractivity contribution in [1.82, 2.24) is 0 Å². The van der Waals surface area contributed by atoms with Gasteiger partial charge in [-0.3, -0.25) is 4.79 Å². The molecule has 0 heterocycles. The molecule has 3 aromatic carbocycles. The summed E-state index contributed by atoms with van der Waals surface area (Å²) in [6.45, 7) is 0. The fourth-order valence-electron chi connectivity index (χ4n) is 2.67. The highest BCUT2D eigenvalue weighted by Crippen LogP contribution is 2.29. The van der Waals surface area contributed by atoms with Gasteiger partial charge in [-0.15, -0.1) is 0 Å². The number of hydrogen-bond acceptors (Lipinski definition) is 4. The van der Waals surface area contributed by atoms with Crippen LogP contribution in [-0.4, -0.2) is 20.1 Å². The summed E-state index contributed by atoms with van der Waals surface area (Å²) in [5, 5.41) is 2.76. The second-order valence-electron chi connectivity index (χ2n) is 6.34. The van der Waals surface area contributed by atoms with Crippen LogP contribution in [0.25, 0.3) is 0 Å². The Hall–Kier alpha value is -3.19. The average Bonchev–Trinajstić information content (AvgIpc) is 2.70. The highest BCUT2D eigenvalue weighted by Gasteiger charge is 2.16. The number of sulfone groups is 1. The van der Waals surface area contributed by atoms with Crippen LogP contribution in [0.1, 0.15) is 12.8 Å². The van der Waals surface area contributed by atoms with Crippen LogP contribution in [0.4, 0.5) is 10.1 Å². The van der Waals surface area contributed by atoms with Crippen molar-refractivity contribution in [2.45, 2.75) is 17.7 Å². The Kier molecular flexibility index (Phi) is 6.61. The van der Waals surface area contributed by atoms with Crippen LogP contribution >= 0.6 is 0 Å². The van der Waals surface area contributed by atoms with E-state index in [9.17, 15) is 17.6 Å². The van der Waals surface area contributed by atoms with Gasteiger partial charge in [0, 0.05) is 6.42 Å². The Labute approximate surface area is 169 Å². The van der Waals surface area contributed by atoms with Gasteiger partial charge in [0.2, 0.25) is 5.91 Å². The lowest BCUT2D eigenvalue weighted by atomic mass is 10.2. The quantitative estimate of drug-likeness (QED) is 0.538. The molecule has 0 saturated carbocycles. The summed E-state index contributed by atoms with van der Waals surface area (Å²) in [7, 11) is -3.57. The minimum atomic E-state index is -3.57. The molecule has 0 aromatic heterocycles. The lowest BCUT2D eigenvalue weighted by Gasteiger charge is -2.12.